The molecule has 1 atom stereocenters. The Morgan fingerprint density at radius 2 is 2.03 bits per heavy atom. The number of aliphatic imine (C=N–C) groups is 1. The zero-order valence-electron chi connectivity index (χ0n) is 21.7. The SMILES string of the molecule is C=C1CC(CC)(CCN(C)CC2(C)CCC2)Cc2ccc(/C=N/C=C/C(=C\C)NCC)cc21. The molecule has 3 heteroatoms. The highest BCUT2D eigenvalue weighted by atomic mass is 15.1. The first kappa shape index (κ1) is 25.5. The summed E-state index contributed by atoms with van der Waals surface area (Å²) in [7, 11) is 2.32. The smallest absolute Gasteiger partial charge is 0.0340 e. The van der Waals surface area contributed by atoms with Gasteiger partial charge in [-0.05, 0) is 111 Å². The molecule has 0 bridgehead atoms. The molecule has 0 heterocycles. The van der Waals surface area contributed by atoms with Crippen molar-refractivity contribution < 1.29 is 0 Å². The minimum absolute atomic E-state index is 0.340. The Bertz CT molecular complexity index is 903. The molecule has 1 N–H and O–H groups in total. The molecule has 0 saturated heterocycles. The van der Waals surface area contributed by atoms with Crippen molar-refractivity contribution in [3.63, 3.8) is 0 Å². The van der Waals surface area contributed by atoms with Gasteiger partial charge in [0, 0.05) is 31.2 Å². The zero-order chi connectivity index (χ0) is 23.9. The van der Waals surface area contributed by atoms with E-state index in [0.29, 0.717) is 10.8 Å². The predicted octanol–water partition coefficient (Wildman–Crippen LogP) is 7.00. The first-order valence-electron chi connectivity index (χ1n) is 12.9. The Kier molecular flexibility index (Phi) is 8.75. The van der Waals surface area contributed by atoms with Crippen LogP contribution in [0.15, 0.2) is 53.8 Å². The summed E-state index contributed by atoms with van der Waals surface area (Å²) in [6, 6.07) is 6.79. The number of likely N-dealkylation sites (N-methyl/N-ethyl adjacent to an activating group) is 1. The van der Waals surface area contributed by atoms with E-state index in [-0.39, 0.29) is 0 Å². The van der Waals surface area contributed by atoms with Gasteiger partial charge < -0.3 is 10.2 Å². The molecule has 2 aliphatic carbocycles. The van der Waals surface area contributed by atoms with E-state index in [1.165, 1.54) is 61.9 Å². The fourth-order valence-electron chi connectivity index (χ4n) is 5.59. The van der Waals surface area contributed by atoms with Crippen molar-refractivity contribution in [1.29, 1.82) is 0 Å². The van der Waals surface area contributed by atoms with E-state index >= 15 is 0 Å². The second-order valence-corrected chi connectivity index (χ2v) is 10.7. The maximum absolute atomic E-state index is 4.51. The Morgan fingerprint density at radius 1 is 1.24 bits per heavy atom. The second-order valence-electron chi connectivity index (χ2n) is 10.7. The van der Waals surface area contributed by atoms with Gasteiger partial charge in [-0.1, -0.05) is 45.1 Å². The molecule has 0 aromatic heterocycles. The number of hydrogen-bond donors (Lipinski definition) is 1. The molecular weight excluding hydrogens is 402 g/mol. The lowest BCUT2D eigenvalue weighted by Crippen LogP contribution is -2.40. The van der Waals surface area contributed by atoms with Crippen LogP contribution in [0.25, 0.3) is 5.57 Å². The van der Waals surface area contributed by atoms with Gasteiger partial charge in [-0.25, -0.2) is 0 Å². The molecule has 1 fully saturated rings. The van der Waals surface area contributed by atoms with Gasteiger partial charge in [-0.3, -0.25) is 4.99 Å². The highest BCUT2D eigenvalue weighted by Crippen LogP contribution is 2.46. The number of nitrogens with zero attached hydrogens (tertiary/aromatic N) is 2. The lowest BCUT2D eigenvalue weighted by Gasteiger charge is -2.43. The first-order chi connectivity index (χ1) is 15.8. The summed E-state index contributed by atoms with van der Waals surface area (Å²) in [6.07, 6.45) is 16.8. The van der Waals surface area contributed by atoms with Gasteiger partial charge >= 0.3 is 0 Å². The number of rotatable bonds is 11. The van der Waals surface area contributed by atoms with Crippen LogP contribution in [0.4, 0.5) is 0 Å². The zero-order valence-corrected chi connectivity index (χ0v) is 21.7. The van der Waals surface area contributed by atoms with Crippen molar-refractivity contribution in [3.05, 3.63) is 65.5 Å². The van der Waals surface area contributed by atoms with Crippen molar-refractivity contribution in [2.75, 3.05) is 26.7 Å². The summed E-state index contributed by atoms with van der Waals surface area (Å²) in [5.41, 5.74) is 7.22. The second kappa shape index (κ2) is 11.3. The monoisotopic (exact) mass is 447 g/mol. The molecule has 1 unspecified atom stereocenters. The van der Waals surface area contributed by atoms with Crippen LogP contribution in [0.3, 0.4) is 0 Å². The average molecular weight is 448 g/mol. The Hall–Kier alpha value is -2.13. The number of allylic oxidation sites excluding steroid dienone is 3. The van der Waals surface area contributed by atoms with Crippen LogP contribution < -0.4 is 5.32 Å². The third kappa shape index (κ3) is 6.69. The van der Waals surface area contributed by atoms with Gasteiger partial charge in [0.2, 0.25) is 0 Å². The fourth-order valence-corrected chi connectivity index (χ4v) is 5.59. The predicted molar refractivity (Wildman–Crippen MR) is 145 cm³/mol. The first-order valence-corrected chi connectivity index (χ1v) is 12.9. The van der Waals surface area contributed by atoms with E-state index in [4.69, 9.17) is 0 Å². The van der Waals surface area contributed by atoms with E-state index in [9.17, 15) is 0 Å². The minimum Gasteiger partial charge on any atom is -0.386 e. The summed E-state index contributed by atoms with van der Waals surface area (Å²) in [5, 5.41) is 3.31. The van der Waals surface area contributed by atoms with E-state index in [0.717, 1.165) is 30.6 Å². The molecule has 33 heavy (non-hydrogen) atoms. The van der Waals surface area contributed by atoms with Crippen molar-refractivity contribution in [3.8, 4) is 0 Å². The molecular formula is C30H45N3. The lowest BCUT2D eigenvalue weighted by molar-refractivity contribution is 0.0884. The van der Waals surface area contributed by atoms with Crippen LogP contribution >= 0.6 is 0 Å². The minimum atomic E-state index is 0.340. The lowest BCUT2D eigenvalue weighted by atomic mass is 9.66. The van der Waals surface area contributed by atoms with Gasteiger partial charge in [-0.2, -0.15) is 0 Å². The molecule has 180 valence electrons. The van der Waals surface area contributed by atoms with Crippen molar-refractivity contribution in [1.82, 2.24) is 10.2 Å². The Morgan fingerprint density at radius 3 is 2.67 bits per heavy atom. The summed E-state index contributed by atoms with van der Waals surface area (Å²) in [5.74, 6) is 0. The van der Waals surface area contributed by atoms with Crippen LogP contribution in [-0.2, 0) is 6.42 Å². The van der Waals surface area contributed by atoms with Crippen LogP contribution in [0.5, 0.6) is 0 Å². The van der Waals surface area contributed by atoms with E-state index in [1.807, 2.05) is 25.4 Å². The number of fused-ring (bicyclic) bond motifs is 1. The van der Waals surface area contributed by atoms with E-state index in [2.05, 4.69) is 73.9 Å². The summed E-state index contributed by atoms with van der Waals surface area (Å²) in [6.45, 7) is 16.8. The maximum Gasteiger partial charge on any atom is 0.0340 e. The summed E-state index contributed by atoms with van der Waals surface area (Å²) in [4.78, 5) is 7.08. The molecule has 2 aliphatic rings. The van der Waals surface area contributed by atoms with E-state index in [1.54, 1.807) is 0 Å². The number of nitrogens with one attached hydrogen (secondary N) is 1. The highest BCUT2D eigenvalue weighted by Gasteiger charge is 2.36. The molecule has 0 amide bonds. The molecule has 1 saturated carbocycles. The molecule has 0 aliphatic heterocycles. The number of benzene rings is 1. The molecule has 0 spiro atoms. The van der Waals surface area contributed by atoms with Gasteiger partial charge in [0.05, 0.1) is 0 Å². The highest BCUT2D eigenvalue weighted by molar-refractivity contribution is 5.83. The van der Waals surface area contributed by atoms with Gasteiger partial charge in [0.15, 0.2) is 0 Å². The molecule has 1 aromatic carbocycles. The van der Waals surface area contributed by atoms with Crippen molar-refractivity contribution >= 4 is 11.8 Å². The molecule has 0 radical (unpaired) electrons. The average Bonchev–Trinajstić information content (AvgIpc) is 2.79. The third-order valence-corrected chi connectivity index (χ3v) is 7.91. The Balaban J connectivity index is 1.64. The standard InChI is InChI=1S/C30H45N3/c1-7-27(32-9-3)13-17-31-22-25-11-12-26-21-30(8-2,20-24(4)28(26)19-25)16-18-33(6)23-29(5)14-10-15-29/h7,11-13,17,19,22,32H,4,8-10,14-16,18,20-21,23H2,1-3,5-6H3/b17-13+,27-7+,31-22+. The summed E-state index contributed by atoms with van der Waals surface area (Å²) >= 11 is 0. The fraction of sp³-hybridized carbons (Fsp3) is 0.567. The van der Waals surface area contributed by atoms with E-state index < -0.39 is 0 Å². The molecule has 3 nitrogen and oxygen atoms in total. The summed E-state index contributed by atoms with van der Waals surface area (Å²) < 4.78 is 0. The van der Waals surface area contributed by atoms with Gasteiger partial charge in [-0.15, -0.1) is 0 Å². The normalized spacial score (nSPS) is 22.7. The molecule has 1 aromatic rings. The quantitative estimate of drug-likeness (QED) is 0.292. The van der Waals surface area contributed by atoms with Crippen LogP contribution in [0.2, 0.25) is 0 Å². The van der Waals surface area contributed by atoms with Crippen LogP contribution in [-0.4, -0.2) is 37.8 Å². The van der Waals surface area contributed by atoms with Gasteiger partial charge in [0.25, 0.3) is 0 Å². The topological polar surface area (TPSA) is 27.6 Å². The Labute approximate surface area is 202 Å². The largest absolute Gasteiger partial charge is 0.386 e. The van der Waals surface area contributed by atoms with Crippen LogP contribution in [0.1, 0.15) is 82.9 Å². The van der Waals surface area contributed by atoms with Gasteiger partial charge in [0.1, 0.15) is 0 Å². The number of hydrogen-bond acceptors (Lipinski definition) is 3. The third-order valence-electron chi connectivity index (χ3n) is 7.91. The van der Waals surface area contributed by atoms with Crippen LogP contribution in [0, 0.1) is 10.8 Å². The van der Waals surface area contributed by atoms with Crippen molar-refractivity contribution in [2.24, 2.45) is 15.8 Å². The maximum atomic E-state index is 4.51. The van der Waals surface area contributed by atoms with Crippen molar-refractivity contribution in [2.45, 2.75) is 72.6 Å². The molecule has 3 rings (SSSR count).